The van der Waals surface area contributed by atoms with Crippen molar-refractivity contribution in [2.24, 2.45) is 0 Å². The molecule has 0 saturated carbocycles. The molecule has 2 aromatic rings. The third kappa shape index (κ3) is 2.93. The van der Waals surface area contributed by atoms with Gasteiger partial charge in [0.15, 0.2) is 0 Å². The van der Waals surface area contributed by atoms with Crippen LogP contribution < -0.4 is 0 Å². The zero-order chi connectivity index (χ0) is 13.7. The molecule has 0 N–H and O–H groups in total. The summed E-state index contributed by atoms with van der Waals surface area (Å²) in [6.07, 6.45) is 2.27. The lowest BCUT2D eigenvalue weighted by Crippen LogP contribution is -2.34. The summed E-state index contributed by atoms with van der Waals surface area (Å²) in [5.41, 5.74) is 0.843. The molecule has 1 heterocycles. The van der Waals surface area contributed by atoms with Gasteiger partial charge in [0.2, 0.25) is 0 Å². The highest BCUT2D eigenvalue weighted by molar-refractivity contribution is 6.22. The Labute approximate surface area is 123 Å². The zero-order valence-electron chi connectivity index (χ0n) is 10.9. The first-order chi connectivity index (χ1) is 9.25. The molecule has 0 radical (unpaired) electrons. The van der Waals surface area contributed by atoms with Gasteiger partial charge < -0.3 is 0 Å². The van der Waals surface area contributed by atoms with Gasteiger partial charge in [-0.1, -0.05) is 30.3 Å². The van der Waals surface area contributed by atoms with Gasteiger partial charge in [-0.25, -0.2) is 4.98 Å². The summed E-state index contributed by atoms with van der Waals surface area (Å²) in [5, 5.41) is 4.20. The van der Waals surface area contributed by atoms with Crippen molar-refractivity contribution in [3.63, 3.8) is 0 Å². The fourth-order valence-electron chi connectivity index (χ4n) is 2.17. The van der Waals surface area contributed by atoms with Crippen molar-refractivity contribution in [2.75, 3.05) is 11.8 Å². The summed E-state index contributed by atoms with van der Waals surface area (Å²) in [6.45, 7) is 2.84. The van der Waals surface area contributed by atoms with E-state index in [-0.39, 0.29) is 5.41 Å². The van der Waals surface area contributed by atoms with Gasteiger partial charge in [0.05, 0.1) is 0 Å². The summed E-state index contributed by atoms with van der Waals surface area (Å²) >= 11 is 12.5. The lowest BCUT2D eigenvalue weighted by Gasteiger charge is -2.29. The number of halogens is 2. The molecule has 0 aliphatic carbocycles. The Kier molecular flexibility index (Phi) is 4.83. The van der Waals surface area contributed by atoms with Gasteiger partial charge in [-0.05, 0) is 12.5 Å². The lowest BCUT2D eigenvalue weighted by atomic mass is 9.81. The van der Waals surface area contributed by atoms with Gasteiger partial charge in [-0.2, -0.15) is 5.10 Å². The van der Waals surface area contributed by atoms with E-state index in [0.29, 0.717) is 18.2 Å². The summed E-state index contributed by atoms with van der Waals surface area (Å²) in [7, 11) is 0. The van der Waals surface area contributed by atoms with Gasteiger partial charge >= 0.3 is 0 Å². The smallest absolute Gasteiger partial charge is 0.138 e. The Hall–Kier alpha value is -1.06. The normalized spacial score (nSPS) is 11.7. The van der Waals surface area contributed by atoms with Crippen LogP contribution in [0.5, 0.6) is 0 Å². The molecule has 0 amide bonds. The topological polar surface area (TPSA) is 30.7 Å². The van der Waals surface area contributed by atoms with Crippen molar-refractivity contribution >= 4 is 23.2 Å². The van der Waals surface area contributed by atoms with Crippen LogP contribution in [0.2, 0.25) is 0 Å². The fourth-order valence-corrected chi connectivity index (χ4v) is 2.95. The first kappa shape index (κ1) is 14.4. The number of hydrogen-bond acceptors (Lipinski definition) is 2. The van der Waals surface area contributed by atoms with Crippen molar-refractivity contribution in [3.05, 3.63) is 48.0 Å². The van der Waals surface area contributed by atoms with E-state index in [1.165, 1.54) is 0 Å². The van der Waals surface area contributed by atoms with Crippen molar-refractivity contribution in [1.82, 2.24) is 14.8 Å². The fraction of sp³-hybridized carbons (Fsp3) is 0.429. The monoisotopic (exact) mass is 297 g/mol. The minimum absolute atomic E-state index is 0.301. The highest BCUT2D eigenvalue weighted by Crippen LogP contribution is 2.31. The molecule has 0 aliphatic heterocycles. The Morgan fingerprint density at radius 3 is 2.42 bits per heavy atom. The molecule has 1 aromatic heterocycles. The van der Waals surface area contributed by atoms with Crippen molar-refractivity contribution in [1.29, 1.82) is 0 Å². The van der Waals surface area contributed by atoms with Crippen LogP contribution in [-0.2, 0) is 18.4 Å². The first-order valence-corrected chi connectivity index (χ1v) is 7.37. The number of hydrogen-bond donors (Lipinski definition) is 0. The molecular weight excluding hydrogens is 281 g/mol. The van der Waals surface area contributed by atoms with Crippen LogP contribution in [-0.4, -0.2) is 26.5 Å². The molecule has 102 valence electrons. The molecule has 2 rings (SSSR count). The second kappa shape index (κ2) is 6.40. The Morgan fingerprint density at radius 1 is 1.16 bits per heavy atom. The third-order valence-electron chi connectivity index (χ3n) is 3.39. The minimum atomic E-state index is -0.301. The Bertz CT molecular complexity index is 506. The zero-order valence-corrected chi connectivity index (χ0v) is 12.4. The molecule has 0 aliphatic rings. The van der Waals surface area contributed by atoms with Gasteiger partial charge in [-0.15, -0.1) is 23.2 Å². The van der Waals surface area contributed by atoms with Gasteiger partial charge in [0.1, 0.15) is 12.2 Å². The van der Waals surface area contributed by atoms with Gasteiger partial charge in [0, 0.05) is 30.1 Å². The van der Waals surface area contributed by atoms with Gasteiger partial charge in [0.25, 0.3) is 0 Å². The van der Waals surface area contributed by atoms with Crippen LogP contribution in [0.1, 0.15) is 18.3 Å². The Balaban J connectivity index is 2.35. The van der Waals surface area contributed by atoms with Gasteiger partial charge in [-0.3, -0.25) is 4.68 Å². The predicted octanol–water partition coefficient (Wildman–Crippen LogP) is 3.26. The second-order valence-electron chi connectivity index (χ2n) is 4.58. The molecule has 0 bridgehead atoms. The summed E-state index contributed by atoms with van der Waals surface area (Å²) in [4.78, 5) is 4.33. The summed E-state index contributed by atoms with van der Waals surface area (Å²) in [5.74, 6) is 1.83. The standard InChI is InChI=1S/C14H17Cl2N3/c1-2-19-13(17-11-18-19)8-14(9-15,10-16)12-6-4-3-5-7-12/h3-7,11H,2,8-10H2,1H3. The predicted molar refractivity (Wildman–Crippen MR) is 79.0 cm³/mol. The summed E-state index contributed by atoms with van der Waals surface area (Å²) < 4.78 is 1.89. The van der Waals surface area contributed by atoms with Crippen molar-refractivity contribution < 1.29 is 0 Å². The molecule has 0 unspecified atom stereocenters. The maximum Gasteiger partial charge on any atom is 0.138 e. The van der Waals surface area contributed by atoms with Crippen LogP contribution in [0.15, 0.2) is 36.7 Å². The highest BCUT2D eigenvalue weighted by Gasteiger charge is 2.32. The van der Waals surface area contributed by atoms with E-state index >= 15 is 0 Å². The average molecular weight is 298 g/mol. The molecule has 0 saturated heterocycles. The number of alkyl halides is 2. The van der Waals surface area contributed by atoms with Crippen LogP contribution in [0, 0.1) is 0 Å². The molecule has 0 atom stereocenters. The maximum absolute atomic E-state index is 6.23. The van der Waals surface area contributed by atoms with E-state index in [9.17, 15) is 0 Å². The molecule has 1 aromatic carbocycles. The van der Waals surface area contributed by atoms with E-state index in [0.717, 1.165) is 17.9 Å². The molecular formula is C14H17Cl2N3. The molecule has 0 fully saturated rings. The van der Waals surface area contributed by atoms with E-state index in [1.54, 1.807) is 6.33 Å². The molecule has 3 nitrogen and oxygen atoms in total. The maximum atomic E-state index is 6.23. The molecule has 5 heteroatoms. The van der Waals surface area contributed by atoms with E-state index in [1.807, 2.05) is 29.8 Å². The number of benzene rings is 1. The van der Waals surface area contributed by atoms with Crippen molar-refractivity contribution in [3.8, 4) is 0 Å². The molecule has 19 heavy (non-hydrogen) atoms. The minimum Gasteiger partial charge on any atom is -0.250 e. The van der Waals surface area contributed by atoms with E-state index in [2.05, 4.69) is 22.2 Å². The number of rotatable bonds is 6. The highest BCUT2D eigenvalue weighted by atomic mass is 35.5. The lowest BCUT2D eigenvalue weighted by molar-refractivity contribution is 0.490. The van der Waals surface area contributed by atoms with Crippen LogP contribution in [0.3, 0.4) is 0 Å². The average Bonchev–Trinajstić information content (AvgIpc) is 2.93. The third-order valence-corrected chi connectivity index (χ3v) is 4.41. The van der Waals surface area contributed by atoms with Crippen LogP contribution >= 0.6 is 23.2 Å². The van der Waals surface area contributed by atoms with E-state index < -0.39 is 0 Å². The largest absolute Gasteiger partial charge is 0.250 e. The number of aromatic nitrogens is 3. The first-order valence-electron chi connectivity index (χ1n) is 6.30. The van der Waals surface area contributed by atoms with E-state index in [4.69, 9.17) is 23.2 Å². The summed E-state index contributed by atoms with van der Waals surface area (Å²) in [6, 6.07) is 10.1. The number of aryl methyl sites for hydroxylation is 1. The SMILES string of the molecule is CCn1ncnc1CC(CCl)(CCl)c1ccccc1. The second-order valence-corrected chi connectivity index (χ2v) is 5.12. The van der Waals surface area contributed by atoms with Crippen LogP contribution in [0.25, 0.3) is 0 Å². The van der Waals surface area contributed by atoms with Crippen molar-refractivity contribution in [2.45, 2.75) is 25.3 Å². The Morgan fingerprint density at radius 2 is 1.84 bits per heavy atom. The quantitative estimate of drug-likeness (QED) is 0.766. The number of nitrogens with zero attached hydrogens (tertiary/aromatic N) is 3. The molecule has 0 spiro atoms. The van der Waals surface area contributed by atoms with Crippen LogP contribution in [0.4, 0.5) is 0 Å².